The Morgan fingerprint density at radius 3 is 2.61 bits per heavy atom. The number of rotatable bonds is 5. The number of hydrogen-bond donors (Lipinski definition) is 2. The monoisotopic (exact) mass is 500 g/mol. The zero-order chi connectivity index (χ0) is 25.4. The number of amides is 3. The molecule has 3 amide bonds. The van der Waals surface area contributed by atoms with E-state index in [1.165, 1.54) is 16.2 Å². The van der Waals surface area contributed by atoms with Crippen molar-refractivity contribution in [3.05, 3.63) is 46.2 Å². The molecule has 0 radical (unpaired) electrons. The molecule has 3 fully saturated rings. The summed E-state index contributed by atoms with van der Waals surface area (Å²) in [6.45, 7) is 7.30. The van der Waals surface area contributed by atoms with Gasteiger partial charge in [0.25, 0.3) is 5.91 Å². The molecular formula is C26H24N6O3S. The fourth-order valence-electron chi connectivity index (χ4n) is 5.47. The van der Waals surface area contributed by atoms with Gasteiger partial charge in [-0.15, -0.1) is 11.3 Å². The quantitative estimate of drug-likeness (QED) is 0.515. The minimum Gasteiger partial charge on any atom is -0.347 e. The normalized spacial score (nSPS) is 22.3. The van der Waals surface area contributed by atoms with E-state index in [0.717, 1.165) is 15.1 Å². The first-order chi connectivity index (χ1) is 17.2. The van der Waals surface area contributed by atoms with E-state index in [2.05, 4.69) is 26.7 Å². The van der Waals surface area contributed by atoms with Gasteiger partial charge < -0.3 is 10.6 Å². The Kier molecular flexibility index (Phi) is 5.00. The predicted octanol–water partition coefficient (Wildman–Crippen LogP) is 2.38. The van der Waals surface area contributed by atoms with E-state index in [-0.39, 0.29) is 53.3 Å². The standard InChI is InChI=1S/C26H24N6O3S/c1-12-19(23(33)31-14-9-28-10-14)17(6-13(8-27)30-12)16-4-5-29-18-7-15(36-22(16)18)11-32-24(34)20-21(25(32)35)26(20,2)3/h4-7,14,20-21,28H,9-11H2,1-3H3,(H,31,33). The number of aryl methyl sites for hydroxylation is 1. The topological polar surface area (TPSA) is 128 Å². The van der Waals surface area contributed by atoms with Gasteiger partial charge in [-0.3, -0.25) is 24.3 Å². The molecule has 1 saturated carbocycles. The van der Waals surface area contributed by atoms with Gasteiger partial charge in [-0.2, -0.15) is 5.26 Å². The summed E-state index contributed by atoms with van der Waals surface area (Å²) >= 11 is 1.44. The summed E-state index contributed by atoms with van der Waals surface area (Å²) < 4.78 is 0.825. The van der Waals surface area contributed by atoms with Crippen LogP contribution in [0.1, 0.15) is 40.5 Å². The molecule has 2 N–H and O–H groups in total. The number of hydrogen-bond acceptors (Lipinski definition) is 8. The van der Waals surface area contributed by atoms with Gasteiger partial charge in [-0.25, -0.2) is 4.98 Å². The molecule has 2 saturated heterocycles. The van der Waals surface area contributed by atoms with Gasteiger partial charge in [0.1, 0.15) is 11.8 Å². The van der Waals surface area contributed by atoms with Crippen LogP contribution in [-0.4, -0.2) is 51.7 Å². The minimum atomic E-state index is -0.246. The summed E-state index contributed by atoms with van der Waals surface area (Å²) in [4.78, 5) is 49.9. The highest BCUT2D eigenvalue weighted by Crippen LogP contribution is 2.63. The number of nitriles is 1. The van der Waals surface area contributed by atoms with E-state index >= 15 is 0 Å². The molecule has 182 valence electrons. The number of fused-ring (bicyclic) bond motifs is 2. The van der Waals surface area contributed by atoms with E-state index in [0.29, 0.717) is 35.4 Å². The Bertz CT molecular complexity index is 1490. The molecule has 3 aromatic heterocycles. The molecule has 3 aromatic rings. The Balaban J connectivity index is 1.39. The van der Waals surface area contributed by atoms with E-state index in [4.69, 9.17) is 0 Å². The fraction of sp³-hybridized carbons (Fsp3) is 0.385. The summed E-state index contributed by atoms with van der Waals surface area (Å²) in [6.07, 6.45) is 1.66. The lowest BCUT2D eigenvalue weighted by Crippen LogP contribution is -2.57. The van der Waals surface area contributed by atoms with Crippen LogP contribution >= 0.6 is 11.3 Å². The highest BCUT2D eigenvalue weighted by Gasteiger charge is 2.72. The maximum absolute atomic E-state index is 13.2. The summed E-state index contributed by atoms with van der Waals surface area (Å²) in [6, 6.07) is 7.49. The van der Waals surface area contributed by atoms with Crippen molar-refractivity contribution in [1.82, 2.24) is 25.5 Å². The first-order valence-corrected chi connectivity index (χ1v) is 12.7. The zero-order valence-electron chi connectivity index (χ0n) is 20.1. The number of pyridine rings is 2. The minimum absolute atomic E-state index is 0.0536. The number of carbonyl (C=O) groups excluding carboxylic acids is 3. The lowest BCUT2D eigenvalue weighted by atomic mass is 9.97. The maximum atomic E-state index is 13.2. The Morgan fingerprint density at radius 2 is 1.97 bits per heavy atom. The average molecular weight is 501 g/mol. The molecule has 9 nitrogen and oxygen atoms in total. The second kappa shape index (κ2) is 7.91. The fourth-order valence-corrected chi connectivity index (χ4v) is 6.60. The van der Waals surface area contributed by atoms with Crippen LogP contribution < -0.4 is 10.6 Å². The number of carbonyl (C=O) groups is 3. The molecule has 2 aliphatic heterocycles. The van der Waals surface area contributed by atoms with Gasteiger partial charge in [0.05, 0.1) is 45.9 Å². The molecule has 2 atom stereocenters. The zero-order valence-corrected chi connectivity index (χ0v) is 20.9. The second-order valence-corrected chi connectivity index (χ2v) is 11.4. The van der Waals surface area contributed by atoms with Gasteiger partial charge in [-0.1, -0.05) is 13.8 Å². The third kappa shape index (κ3) is 3.34. The van der Waals surface area contributed by atoms with Crippen molar-refractivity contribution in [3.8, 4) is 17.2 Å². The molecule has 1 aliphatic carbocycles. The molecule has 5 heterocycles. The Hall–Kier alpha value is -3.68. The van der Waals surface area contributed by atoms with E-state index in [9.17, 15) is 19.6 Å². The number of likely N-dealkylation sites (tertiary alicyclic amines) is 1. The average Bonchev–Trinajstić information content (AvgIpc) is 3.06. The van der Waals surface area contributed by atoms with Gasteiger partial charge >= 0.3 is 0 Å². The molecule has 0 aromatic carbocycles. The maximum Gasteiger partial charge on any atom is 0.254 e. The van der Waals surface area contributed by atoms with Crippen molar-refractivity contribution in [3.63, 3.8) is 0 Å². The third-order valence-electron chi connectivity index (χ3n) is 7.62. The van der Waals surface area contributed by atoms with Crippen molar-refractivity contribution in [1.29, 1.82) is 5.26 Å². The van der Waals surface area contributed by atoms with Gasteiger partial charge in [0, 0.05) is 35.3 Å². The third-order valence-corrected chi connectivity index (χ3v) is 8.76. The molecule has 6 rings (SSSR count). The van der Waals surface area contributed by atoms with Gasteiger partial charge in [-0.05, 0) is 30.5 Å². The van der Waals surface area contributed by atoms with Crippen LogP contribution in [0, 0.1) is 35.5 Å². The highest BCUT2D eigenvalue weighted by atomic mass is 32.1. The van der Waals surface area contributed by atoms with Crippen LogP contribution in [0.2, 0.25) is 0 Å². The highest BCUT2D eigenvalue weighted by molar-refractivity contribution is 7.19. The Morgan fingerprint density at radius 1 is 1.25 bits per heavy atom. The molecule has 3 aliphatic rings. The van der Waals surface area contributed by atoms with Crippen molar-refractivity contribution in [2.24, 2.45) is 17.3 Å². The van der Waals surface area contributed by atoms with Crippen molar-refractivity contribution in [2.45, 2.75) is 33.4 Å². The van der Waals surface area contributed by atoms with Crippen LogP contribution in [-0.2, 0) is 16.1 Å². The SMILES string of the molecule is Cc1nc(C#N)cc(-c2ccnc3cc(CN4C(=O)C5C(C4=O)C5(C)C)sc23)c1C(=O)NC1CNC1. The predicted molar refractivity (Wildman–Crippen MR) is 133 cm³/mol. The van der Waals surface area contributed by atoms with Crippen LogP contribution in [0.4, 0.5) is 0 Å². The number of piperidine rings is 1. The van der Waals surface area contributed by atoms with Crippen LogP contribution in [0.3, 0.4) is 0 Å². The van der Waals surface area contributed by atoms with E-state index in [1.807, 2.05) is 26.0 Å². The molecular weight excluding hydrogens is 476 g/mol. The molecule has 0 bridgehead atoms. The number of imide groups is 1. The summed E-state index contributed by atoms with van der Waals surface area (Å²) in [5, 5.41) is 15.7. The van der Waals surface area contributed by atoms with Crippen molar-refractivity contribution in [2.75, 3.05) is 13.1 Å². The smallest absolute Gasteiger partial charge is 0.254 e. The summed E-state index contributed by atoms with van der Waals surface area (Å²) in [5.41, 5.74) is 2.96. The molecule has 36 heavy (non-hydrogen) atoms. The molecule has 0 spiro atoms. The van der Waals surface area contributed by atoms with Crippen molar-refractivity contribution >= 4 is 39.3 Å². The lowest BCUT2D eigenvalue weighted by molar-refractivity contribution is -0.143. The van der Waals surface area contributed by atoms with Crippen molar-refractivity contribution < 1.29 is 14.4 Å². The number of aromatic nitrogens is 2. The van der Waals surface area contributed by atoms with E-state index in [1.54, 1.807) is 19.2 Å². The second-order valence-electron chi connectivity index (χ2n) is 10.3. The van der Waals surface area contributed by atoms with Crippen LogP contribution in [0.15, 0.2) is 24.4 Å². The van der Waals surface area contributed by atoms with Gasteiger partial charge in [0.15, 0.2) is 0 Å². The number of thiophene rings is 1. The largest absolute Gasteiger partial charge is 0.347 e. The van der Waals surface area contributed by atoms with E-state index < -0.39 is 0 Å². The first-order valence-electron chi connectivity index (χ1n) is 11.9. The first kappa shape index (κ1) is 22.8. The molecule has 10 heteroatoms. The van der Waals surface area contributed by atoms with Crippen LogP contribution in [0.25, 0.3) is 21.3 Å². The van der Waals surface area contributed by atoms with Crippen LogP contribution in [0.5, 0.6) is 0 Å². The summed E-state index contributed by atoms with van der Waals surface area (Å²) in [5.74, 6) is -0.877. The molecule has 2 unspecified atom stereocenters. The lowest BCUT2D eigenvalue weighted by Gasteiger charge is -2.28. The number of nitrogens with one attached hydrogen (secondary N) is 2. The number of nitrogens with zero attached hydrogens (tertiary/aromatic N) is 4. The summed E-state index contributed by atoms with van der Waals surface area (Å²) in [7, 11) is 0. The Labute approximate surface area is 211 Å². The van der Waals surface area contributed by atoms with Gasteiger partial charge in [0.2, 0.25) is 11.8 Å².